The van der Waals surface area contributed by atoms with Crippen LogP contribution in [0.1, 0.15) is 39.5 Å². The van der Waals surface area contributed by atoms with E-state index in [1.807, 2.05) is 21.7 Å². The Balaban J connectivity index is 3.81. The van der Waals surface area contributed by atoms with Crippen LogP contribution < -0.4 is 21.7 Å². The van der Waals surface area contributed by atoms with Gasteiger partial charge in [0, 0.05) is 12.8 Å². The fourth-order valence-electron chi connectivity index (χ4n) is 1.44. The molecular weight excluding hydrogens is 352 g/mol. The van der Waals surface area contributed by atoms with Gasteiger partial charge >= 0.3 is 23.8 Å². The van der Waals surface area contributed by atoms with Gasteiger partial charge in [0.15, 0.2) is 0 Å². The monoisotopic (exact) mass is 374 g/mol. The number of nitrogens with one attached hydrogen (secondary N) is 4. The van der Waals surface area contributed by atoms with Crippen molar-refractivity contribution < 1.29 is 38.2 Å². The van der Waals surface area contributed by atoms with Gasteiger partial charge in [0.1, 0.15) is 0 Å². The molecule has 26 heavy (non-hydrogen) atoms. The summed E-state index contributed by atoms with van der Waals surface area (Å²) in [6.45, 7) is 3.12. The lowest BCUT2D eigenvalue weighted by molar-refractivity contribution is -0.155. The van der Waals surface area contributed by atoms with E-state index >= 15 is 0 Å². The molecule has 0 aliphatic rings. The second-order valence-corrected chi connectivity index (χ2v) is 4.65. The van der Waals surface area contributed by atoms with E-state index in [0.717, 1.165) is 0 Å². The van der Waals surface area contributed by atoms with Crippen molar-refractivity contribution in [3.8, 4) is 0 Å². The predicted octanol–water partition coefficient (Wildman–Crippen LogP) is -2.03. The van der Waals surface area contributed by atoms with Crippen LogP contribution in [0.25, 0.3) is 0 Å². The Morgan fingerprint density at radius 3 is 1.27 bits per heavy atom. The molecule has 0 saturated heterocycles. The number of ether oxygens (including phenoxy) is 2. The second-order valence-electron chi connectivity index (χ2n) is 4.65. The van der Waals surface area contributed by atoms with Gasteiger partial charge < -0.3 is 9.47 Å². The highest BCUT2D eigenvalue weighted by Crippen LogP contribution is 1.99. The molecule has 0 rings (SSSR count). The van der Waals surface area contributed by atoms with E-state index in [-0.39, 0.29) is 26.1 Å². The lowest BCUT2D eigenvalue weighted by atomic mass is 10.2. The standard InChI is InChI=1S/C14H22N4O8/c1-3-25-13(23)11(21)17-15-9(19)7-5-6-8-10(20)16-18-12(22)14(24)26-4-2/h3-8H2,1-2H3,(H,15,19)(H,16,20)(H,17,21)(H,18,22). The molecule has 4 N–H and O–H groups in total. The summed E-state index contributed by atoms with van der Waals surface area (Å²) in [5, 5.41) is 0. The van der Waals surface area contributed by atoms with Crippen LogP contribution in [-0.2, 0) is 38.2 Å². The SMILES string of the molecule is CCOC(=O)C(=O)NNC(=O)CCCCC(=O)NNC(=O)C(=O)OCC. The Labute approximate surface area is 149 Å². The maximum absolute atomic E-state index is 11.4. The van der Waals surface area contributed by atoms with E-state index in [1.54, 1.807) is 0 Å². The number of esters is 2. The fraction of sp³-hybridized carbons (Fsp3) is 0.571. The molecule has 0 heterocycles. The van der Waals surface area contributed by atoms with Gasteiger partial charge in [0.05, 0.1) is 13.2 Å². The van der Waals surface area contributed by atoms with E-state index in [2.05, 4.69) is 9.47 Å². The van der Waals surface area contributed by atoms with Gasteiger partial charge in [-0.1, -0.05) is 0 Å². The average molecular weight is 374 g/mol. The first-order valence-electron chi connectivity index (χ1n) is 7.83. The van der Waals surface area contributed by atoms with Gasteiger partial charge in [-0.3, -0.25) is 40.9 Å². The molecule has 146 valence electrons. The van der Waals surface area contributed by atoms with E-state index < -0.39 is 35.6 Å². The molecule has 0 aliphatic heterocycles. The third-order valence-corrected chi connectivity index (χ3v) is 2.61. The average Bonchev–Trinajstić information content (AvgIpc) is 2.61. The first kappa shape index (κ1) is 22.8. The van der Waals surface area contributed by atoms with Crippen molar-refractivity contribution in [2.75, 3.05) is 13.2 Å². The van der Waals surface area contributed by atoms with Gasteiger partial charge in [-0.05, 0) is 26.7 Å². The van der Waals surface area contributed by atoms with Crippen LogP contribution in [0.4, 0.5) is 0 Å². The highest BCUT2D eigenvalue weighted by molar-refractivity contribution is 6.32. The summed E-state index contributed by atoms with van der Waals surface area (Å²) in [5.74, 6) is -5.55. The van der Waals surface area contributed by atoms with Crippen LogP contribution in [0.15, 0.2) is 0 Å². The van der Waals surface area contributed by atoms with E-state index in [0.29, 0.717) is 12.8 Å². The normalized spacial score (nSPS) is 9.46. The topological polar surface area (TPSA) is 169 Å². The summed E-state index contributed by atoms with van der Waals surface area (Å²) in [6, 6.07) is 0. The summed E-state index contributed by atoms with van der Waals surface area (Å²) < 4.78 is 8.85. The van der Waals surface area contributed by atoms with Crippen LogP contribution >= 0.6 is 0 Å². The van der Waals surface area contributed by atoms with E-state index in [1.165, 1.54) is 13.8 Å². The zero-order valence-corrected chi connectivity index (χ0v) is 14.5. The molecule has 0 unspecified atom stereocenters. The molecule has 0 aromatic rings. The van der Waals surface area contributed by atoms with Gasteiger partial charge in [0.2, 0.25) is 11.8 Å². The molecular formula is C14H22N4O8. The number of unbranched alkanes of at least 4 members (excludes halogenated alkanes) is 1. The van der Waals surface area contributed by atoms with Crippen LogP contribution in [-0.4, -0.2) is 48.8 Å². The van der Waals surface area contributed by atoms with Crippen molar-refractivity contribution in [1.82, 2.24) is 21.7 Å². The van der Waals surface area contributed by atoms with Gasteiger partial charge in [-0.15, -0.1) is 0 Å². The Kier molecular flexibility index (Phi) is 11.5. The Morgan fingerprint density at radius 2 is 0.962 bits per heavy atom. The molecule has 0 aromatic carbocycles. The minimum atomic E-state index is -1.12. The third kappa shape index (κ3) is 10.6. The number of carbonyl (C=O) groups is 6. The highest BCUT2D eigenvalue weighted by atomic mass is 16.5. The summed E-state index contributed by atoms with van der Waals surface area (Å²) in [4.78, 5) is 67.2. The molecule has 0 aromatic heterocycles. The van der Waals surface area contributed by atoms with Gasteiger partial charge in [-0.25, -0.2) is 9.59 Å². The second kappa shape index (κ2) is 13.1. The number of hydrogen-bond donors (Lipinski definition) is 4. The van der Waals surface area contributed by atoms with Crippen LogP contribution in [0.2, 0.25) is 0 Å². The Morgan fingerprint density at radius 1 is 0.615 bits per heavy atom. The summed E-state index contributed by atoms with van der Waals surface area (Å²) in [7, 11) is 0. The summed E-state index contributed by atoms with van der Waals surface area (Å²) in [5.41, 5.74) is 7.83. The molecule has 12 heteroatoms. The zero-order chi connectivity index (χ0) is 19.9. The summed E-state index contributed by atoms with van der Waals surface area (Å²) >= 11 is 0. The van der Waals surface area contributed by atoms with Crippen molar-refractivity contribution in [2.24, 2.45) is 0 Å². The van der Waals surface area contributed by atoms with Crippen LogP contribution in [0.3, 0.4) is 0 Å². The van der Waals surface area contributed by atoms with Gasteiger partial charge in [-0.2, -0.15) is 0 Å². The fourth-order valence-corrected chi connectivity index (χ4v) is 1.44. The Hall–Kier alpha value is -3.18. The molecule has 0 aliphatic carbocycles. The largest absolute Gasteiger partial charge is 0.459 e. The molecule has 0 bridgehead atoms. The lowest BCUT2D eigenvalue weighted by Gasteiger charge is -2.07. The molecule has 4 amide bonds. The molecule has 0 saturated carbocycles. The van der Waals surface area contributed by atoms with E-state index in [4.69, 9.17) is 0 Å². The quantitative estimate of drug-likeness (QED) is 0.171. The van der Waals surface area contributed by atoms with Crippen LogP contribution in [0.5, 0.6) is 0 Å². The third-order valence-electron chi connectivity index (χ3n) is 2.61. The van der Waals surface area contributed by atoms with Crippen LogP contribution in [0, 0.1) is 0 Å². The molecule has 12 nitrogen and oxygen atoms in total. The minimum Gasteiger partial charge on any atom is -0.459 e. The van der Waals surface area contributed by atoms with Crippen molar-refractivity contribution in [3.63, 3.8) is 0 Å². The molecule has 0 radical (unpaired) electrons. The molecule has 0 fully saturated rings. The maximum Gasteiger partial charge on any atom is 0.398 e. The van der Waals surface area contributed by atoms with Gasteiger partial charge in [0.25, 0.3) is 0 Å². The predicted molar refractivity (Wildman–Crippen MR) is 84.3 cm³/mol. The van der Waals surface area contributed by atoms with Crippen molar-refractivity contribution in [3.05, 3.63) is 0 Å². The number of hydrazine groups is 2. The molecule has 0 spiro atoms. The van der Waals surface area contributed by atoms with Crippen molar-refractivity contribution in [1.29, 1.82) is 0 Å². The maximum atomic E-state index is 11.4. The molecule has 0 atom stereocenters. The highest BCUT2D eigenvalue weighted by Gasteiger charge is 2.16. The number of hydrogen-bond acceptors (Lipinski definition) is 8. The van der Waals surface area contributed by atoms with Crippen molar-refractivity contribution in [2.45, 2.75) is 39.5 Å². The number of carbonyl (C=O) groups excluding carboxylic acids is 6. The number of rotatable bonds is 7. The summed E-state index contributed by atoms with van der Waals surface area (Å²) in [6.07, 6.45) is 0.595. The first-order valence-corrected chi connectivity index (χ1v) is 7.83. The number of amides is 4. The van der Waals surface area contributed by atoms with Crippen molar-refractivity contribution >= 4 is 35.6 Å². The lowest BCUT2D eigenvalue weighted by Crippen LogP contribution is -2.45. The minimum absolute atomic E-state index is 0.00836. The van der Waals surface area contributed by atoms with E-state index in [9.17, 15) is 28.8 Å². The zero-order valence-electron chi connectivity index (χ0n) is 14.5. The smallest absolute Gasteiger partial charge is 0.398 e. The Bertz CT molecular complexity index is 501. The first-order chi connectivity index (χ1) is 12.3.